The number of rotatable bonds is 7. The summed E-state index contributed by atoms with van der Waals surface area (Å²) in [4.78, 5) is 22.5. The summed E-state index contributed by atoms with van der Waals surface area (Å²) in [5.41, 5.74) is 1.25. The summed E-state index contributed by atoms with van der Waals surface area (Å²) >= 11 is 0. The number of anilines is 3. The Balaban J connectivity index is 1.64. The van der Waals surface area contributed by atoms with Crippen molar-refractivity contribution in [1.29, 1.82) is 0 Å². The number of nitrogens with zero attached hydrogens (tertiary/aromatic N) is 5. The van der Waals surface area contributed by atoms with Gasteiger partial charge in [0, 0.05) is 25.6 Å². The topological polar surface area (TPSA) is 102 Å². The molecule has 0 amide bonds. The lowest BCUT2D eigenvalue weighted by Gasteiger charge is -2.35. The van der Waals surface area contributed by atoms with Gasteiger partial charge >= 0.3 is 0 Å². The number of alkyl halides is 1. The van der Waals surface area contributed by atoms with E-state index in [2.05, 4.69) is 25.5 Å². The average Bonchev–Trinajstić information content (AvgIpc) is 2.80. The first-order valence-corrected chi connectivity index (χ1v) is 10.7. The van der Waals surface area contributed by atoms with E-state index in [9.17, 15) is 13.6 Å². The fourth-order valence-electron chi connectivity index (χ4n) is 3.79. The number of hydrogen-bond donors (Lipinski definition) is 1. The number of aromatic nitrogens is 4. The molecule has 1 aliphatic rings. The second-order valence-corrected chi connectivity index (χ2v) is 7.98. The smallest absolute Gasteiger partial charge is 0.228 e. The molecule has 4 rings (SSSR count). The number of hydrogen-bond acceptors (Lipinski definition) is 9. The van der Waals surface area contributed by atoms with Gasteiger partial charge < -0.3 is 19.7 Å². The maximum Gasteiger partial charge on any atom is 0.228 e. The molecule has 0 saturated carbocycles. The highest BCUT2D eigenvalue weighted by Crippen LogP contribution is 2.28. The van der Waals surface area contributed by atoms with Gasteiger partial charge in [-0.05, 0) is 37.6 Å². The number of nitrogens with one attached hydrogen (secondary N) is 1. The van der Waals surface area contributed by atoms with Crippen molar-refractivity contribution in [3.05, 3.63) is 48.0 Å². The van der Waals surface area contributed by atoms with Gasteiger partial charge in [0.1, 0.15) is 11.4 Å². The van der Waals surface area contributed by atoms with E-state index in [4.69, 9.17) is 9.47 Å². The number of benzene rings is 1. The predicted octanol–water partition coefficient (Wildman–Crippen LogP) is 3.94. The quantitative estimate of drug-likeness (QED) is 0.515. The molecule has 0 radical (unpaired) electrons. The summed E-state index contributed by atoms with van der Waals surface area (Å²) in [6, 6.07) is 8.07. The molecule has 0 unspecified atom stereocenters. The van der Waals surface area contributed by atoms with Crippen LogP contribution in [0, 0.1) is 5.82 Å². The average molecular weight is 470 g/mol. The molecule has 178 valence electrons. The van der Waals surface area contributed by atoms with E-state index >= 15 is 0 Å². The normalized spacial score (nSPS) is 18.0. The second kappa shape index (κ2) is 10.0. The summed E-state index contributed by atoms with van der Waals surface area (Å²) in [6.45, 7) is 5.49. The number of Topliss-reactive ketones (excluding diaryl/α,β-unsaturated/α-hetero) is 1. The first-order chi connectivity index (χ1) is 16.3. The van der Waals surface area contributed by atoms with Crippen LogP contribution < -0.4 is 15.0 Å². The van der Waals surface area contributed by atoms with Gasteiger partial charge in [-0.1, -0.05) is 12.1 Å². The summed E-state index contributed by atoms with van der Waals surface area (Å²) in [5.74, 6) is -0.120. The number of ketones is 1. The van der Waals surface area contributed by atoms with Crippen LogP contribution in [0.5, 0.6) is 5.75 Å². The van der Waals surface area contributed by atoms with Crippen LogP contribution in [0.15, 0.2) is 36.5 Å². The Bertz CT molecular complexity index is 1170. The summed E-state index contributed by atoms with van der Waals surface area (Å²) < 4.78 is 37.5. The molecule has 0 bridgehead atoms. The Kier molecular flexibility index (Phi) is 6.92. The molecular weight excluding hydrogens is 446 g/mol. The first kappa shape index (κ1) is 23.4. The van der Waals surface area contributed by atoms with Gasteiger partial charge in [-0.3, -0.25) is 4.79 Å². The van der Waals surface area contributed by atoms with E-state index < -0.39 is 12.7 Å². The molecule has 9 nitrogen and oxygen atoms in total. The highest BCUT2D eigenvalue weighted by molar-refractivity contribution is 5.99. The Morgan fingerprint density at radius 2 is 1.91 bits per heavy atom. The summed E-state index contributed by atoms with van der Waals surface area (Å²) in [6.07, 6.45) is 1.07. The molecule has 34 heavy (non-hydrogen) atoms. The van der Waals surface area contributed by atoms with Crippen molar-refractivity contribution < 1.29 is 23.0 Å². The SMILES string of the molecule is CC(=O)c1nnc(Nc2nc(N3C[C@@H](C)O[C@@H](C)C3)ncc2F)cc1-c1ccc(OCF)cc1. The molecule has 1 aliphatic heterocycles. The Morgan fingerprint density at radius 3 is 2.56 bits per heavy atom. The van der Waals surface area contributed by atoms with Crippen molar-refractivity contribution in [1.82, 2.24) is 20.2 Å². The van der Waals surface area contributed by atoms with Gasteiger partial charge in [-0.25, -0.2) is 13.8 Å². The Morgan fingerprint density at radius 1 is 1.21 bits per heavy atom. The predicted molar refractivity (Wildman–Crippen MR) is 122 cm³/mol. The number of ether oxygens (including phenoxy) is 2. The van der Waals surface area contributed by atoms with E-state index in [1.54, 1.807) is 30.3 Å². The van der Waals surface area contributed by atoms with Crippen molar-refractivity contribution in [3.63, 3.8) is 0 Å². The van der Waals surface area contributed by atoms with Crippen LogP contribution in [0.1, 0.15) is 31.3 Å². The van der Waals surface area contributed by atoms with Crippen molar-refractivity contribution in [2.24, 2.45) is 0 Å². The Hall–Kier alpha value is -3.73. The zero-order valence-corrected chi connectivity index (χ0v) is 19.0. The summed E-state index contributed by atoms with van der Waals surface area (Å²) in [7, 11) is 0. The van der Waals surface area contributed by atoms with Gasteiger partial charge in [-0.2, -0.15) is 4.98 Å². The third-order valence-corrected chi connectivity index (χ3v) is 5.19. The Labute approximate surface area is 195 Å². The molecule has 1 saturated heterocycles. The standard InChI is InChI=1S/C23H24F2N6O3/c1-13-10-31(11-14(2)34-13)23-26-9-19(25)22(28-23)27-20-8-18(21(15(3)32)30-29-20)16-4-6-17(7-5-16)33-12-24/h4-9,13-14H,10-12H2,1-3H3,(H,26,27,28,29)/t13-,14+. The third kappa shape index (κ3) is 5.25. The third-order valence-electron chi connectivity index (χ3n) is 5.19. The van der Waals surface area contributed by atoms with Crippen LogP contribution in [-0.2, 0) is 4.74 Å². The maximum atomic E-state index is 14.5. The minimum absolute atomic E-state index is 0.0111. The van der Waals surface area contributed by atoms with Crippen molar-refractivity contribution >= 4 is 23.4 Å². The van der Waals surface area contributed by atoms with E-state index in [0.29, 0.717) is 35.9 Å². The fraction of sp³-hybridized carbons (Fsp3) is 0.348. The van der Waals surface area contributed by atoms with Crippen LogP contribution in [0.2, 0.25) is 0 Å². The highest BCUT2D eigenvalue weighted by atomic mass is 19.1. The van der Waals surface area contributed by atoms with Gasteiger partial charge in [0.15, 0.2) is 23.2 Å². The molecule has 3 aromatic rings. The zero-order chi connectivity index (χ0) is 24.2. The lowest BCUT2D eigenvalue weighted by atomic mass is 10.0. The van der Waals surface area contributed by atoms with E-state index in [1.165, 1.54) is 6.92 Å². The molecule has 1 fully saturated rings. The lowest BCUT2D eigenvalue weighted by molar-refractivity contribution is -0.00572. The van der Waals surface area contributed by atoms with Crippen molar-refractivity contribution in [2.45, 2.75) is 33.0 Å². The number of halogens is 2. The molecule has 2 aromatic heterocycles. The number of carbonyl (C=O) groups excluding carboxylic acids is 1. The lowest BCUT2D eigenvalue weighted by Crippen LogP contribution is -2.46. The van der Waals surface area contributed by atoms with Crippen LogP contribution in [-0.4, -0.2) is 58.1 Å². The van der Waals surface area contributed by atoms with Gasteiger partial charge in [0.05, 0.1) is 18.4 Å². The van der Waals surface area contributed by atoms with E-state index in [0.717, 1.165) is 6.20 Å². The van der Waals surface area contributed by atoms with Crippen molar-refractivity contribution in [3.8, 4) is 16.9 Å². The largest absolute Gasteiger partial charge is 0.463 e. The minimum atomic E-state index is -0.947. The summed E-state index contributed by atoms with van der Waals surface area (Å²) in [5, 5.41) is 10.9. The molecule has 0 aliphatic carbocycles. The number of morpholine rings is 1. The molecule has 0 spiro atoms. The second-order valence-electron chi connectivity index (χ2n) is 7.98. The van der Waals surface area contributed by atoms with E-state index in [-0.39, 0.29) is 35.3 Å². The van der Waals surface area contributed by atoms with Gasteiger partial charge in [-0.15, -0.1) is 10.2 Å². The van der Waals surface area contributed by atoms with Crippen LogP contribution in [0.4, 0.5) is 26.4 Å². The molecule has 1 aromatic carbocycles. The molecule has 1 N–H and O–H groups in total. The highest BCUT2D eigenvalue weighted by Gasteiger charge is 2.25. The van der Waals surface area contributed by atoms with Crippen LogP contribution in [0.3, 0.4) is 0 Å². The van der Waals surface area contributed by atoms with Crippen LogP contribution in [0.25, 0.3) is 11.1 Å². The monoisotopic (exact) mass is 470 g/mol. The van der Waals surface area contributed by atoms with E-state index in [1.807, 2.05) is 18.7 Å². The zero-order valence-electron chi connectivity index (χ0n) is 19.0. The maximum absolute atomic E-state index is 14.5. The fourth-order valence-corrected chi connectivity index (χ4v) is 3.79. The van der Waals surface area contributed by atoms with Gasteiger partial charge in [0.25, 0.3) is 0 Å². The van der Waals surface area contributed by atoms with Crippen LogP contribution >= 0.6 is 0 Å². The molecule has 3 heterocycles. The first-order valence-electron chi connectivity index (χ1n) is 10.7. The van der Waals surface area contributed by atoms with Gasteiger partial charge in [0.2, 0.25) is 12.8 Å². The molecule has 2 atom stereocenters. The van der Waals surface area contributed by atoms with Crippen molar-refractivity contribution in [2.75, 3.05) is 30.2 Å². The molecular formula is C23H24F2N6O3. The minimum Gasteiger partial charge on any atom is -0.463 e. The molecule has 11 heteroatoms. The number of carbonyl (C=O) groups is 1.